The molecule has 1 aromatic carbocycles. The molecule has 4 heteroatoms. The maximum absolute atomic E-state index is 13.9. The van der Waals surface area contributed by atoms with Crippen LogP contribution in [0.15, 0.2) is 17.9 Å². The van der Waals surface area contributed by atoms with Gasteiger partial charge in [0.05, 0.1) is 34.5 Å². The van der Waals surface area contributed by atoms with Crippen molar-refractivity contribution < 1.29 is 19.1 Å². The number of Topliss-reactive ketones (excluding diaryl/α,β-unsaturated/α-hetero) is 1. The Hall–Kier alpha value is -1.94. The molecule has 4 rings (SSSR count). The fraction of sp³-hybridized carbons (Fsp3) is 0.615. The van der Waals surface area contributed by atoms with Crippen LogP contribution < -0.4 is 0 Å². The van der Waals surface area contributed by atoms with E-state index in [4.69, 9.17) is 9.47 Å². The monoisotopic (exact) mass is 410 g/mol. The first-order chi connectivity index (χ1) is 13.9. The molecule has 2 unspecified atom stereocenters. The molecule has 2 heterocycles. The topological polar surface area (TPSA) is 52.6 Å². The van der Waals surface area contributed by atoms with Crippen molar-refractivity contribution in [3.8, 4) is 0 Å². The van der Waals surface area contributed by atoms with Gasteiger partial charge in [-0.1, -0.05) is 31.0 Å². The van der Waals surface area contributed by atoms with Gasteiger partial charge in [-0.25, -0.2) is 0 Å². The summed E-state index contributed by atoms with van der Waals surface area (Å²) in [5.74, 6) is 0.419. The molecule has 0 spiro atoms. The summed E-state index contributed by atoms with van der Waals surface area (Å²) in [4.78, 5) is 26.9. The fourth-order valence-corrected chi connectivity index (χ4v) is 6.03. The second kappa shape index (κ2) is 6.78. The molecule has 5 atom stereocenters. The van der Waals surface area contributed by atoms with Crippen LogP contribution in [0.2, 0.25) is 0 Å². The maximum atomic E-state index is 13.9. The number of carbonyl (C=O) groups is 2. The molecule has 2 bridgehead atoms. The molecule has 1 aliphatic carbocycles. The molecule has 0 radical (unpaired) electrons. The minimum Gasteiger partial charge on any atom is -0.429 e. The van der Waals surface area contributed by atoms with Crippen LogP contribution in [0.5, 0.6) is 0 Å². The molecule has 4 nitrogen and oxygen atoms in total. The summed E-state index contributed by atoms with van der Waals surface area (Å²) < 4.78 is 12.5. The molecule has 0 aromatic heterocycles. The SMILES string of the molecule is CC[C@H]1CC2OC1[C@@]1(C)C(OC(=O)C(C)(C)C)=C(c3c(C)cc(C)cc3C)C(=O)[C@@H]21. The number of rotatable bonds is 3. The number of ketones is 1. The molecule has 0 amide bonds. The summed E-state index contributed by atoms with van der Waals surface area (Å²) in [6.07, 6.45) is 1.72. The number of aryl methyl sites for hydroxylation is 3. The Kier molecular flexibility index (Phi) is 4.81. The third kappa shape index (κ3) is 2.83. The molecule has 2 aliphatic heterocycles. The van der Waals surface area contributed by atoms with Gasteiger partial charge in [-0.15, -0.1) is 0 Å². The van der Waals surface area contributed by atoms with E-state index < -0.39 is 10.8 Å². The third-order valence-corrected chi connectivity index (χ3v) is 7.40. The Morgan fingerprint density at radius 2 is 1.80 bits per heavy atom. The number of allylic oxidation sites excluding steroid dienone is 1. The standard InChI is InChI=1S/C26H34O4/c1-9-16-12-17-20-21(27)19(18-14(3)10-13(2)11-15(18)4)23(26(20,8)22(16)29-17)30-24(28)25(5,6)7/h10-11,16-17,20,22H,9,12H2,1-8H3/t16-,17?,20+,22?,26-/m0/s1. The van der Waals surface area contributed by atoms with Crippen molar-refractivity contribution in [3.05, 3.63) is 40.1 Å². The average molecular weight is 411 g/mol. The highest BCUT2D eigenvalue weighted by Gasteiger charge is 2.70. The second-order valence-electron chi connectivity index (χ2n) is 10.7. The predicted octanol–water partition coefficient (Wildman–Crippen LogP) is 5.31. The lowest BCUT2D eigenvalue weighted by Crippen LogP contribution is -2.44. The zero-order valence-electron chi connectivity index (χ0n) is 19.5. The number of hydrogen-bond acceptors (Lipinski definition) is 4. The number of esters is 1. The minimum atomic E-state index is -0.657. The molecular weight excluding hydrogens is 376 g/mol. The number of fused-ring (bicyclic) bond motifs is 5. The fourth-order valence-electron chi connectivity index (χ4n) is 6.03. The van der Waals surface area contributed by atoms with Crippen LogP contribution in [0.3, 0.4) is 0 Å². The Balaban J connectivity index is 1.95. The van der Waals surface area contributed by atoms with Crippen molar-refractivity contribution in [3.63, 3.8) is 0 Å². The molecule has 2 fully saturated rings. The van der Waals surface area contributed by atoms with Crippen molar-refractivity contribution in [2.24, 2.45) is 22.7 Å². The molecule has 30 heavy (non-hydrogen) atoms. The summed E-state index contributed by atoms with van der Waals surface area (Å²) in [6, 6.07) is 4.20. The van der Waals surface area contributed by atoms with Gasteiger partial charge in [0, 0.05) is 0 Å². The lowest BCUT2D eigenvalue weighted by molar-refractivity contribution is -0.151. The number of carbonyl (C=O) groups excluding carboxylic acids is 2. The highest BCUT2D eigenvalue weighted by atomic mass is 16.6. The molecule has 0 saturated carbocycles. The number of benzene rings is 1. The van der Waals surface area contributed by atoms with Crippen molar-refractivity contribution in [1.82, 2.24) is 0 Å². The quantitative estimate of drug-likeness (QED) is 0.633. The van der Waals surface area contributed by atoms with Crippen molar-refractivity contribution >= 4 is 17.3 Å². The zero-order chi connectivity index (χ0) is 22.2. The summed E-state index contributed by atoms with van der Waals surface area (Å²) in [7, 11) is 0. The molecule has 162 valence electrons. The van der Waals surface area contributed by atoms with E-state index in [0.29, 0.717) is 17.3 Å². The van der Waals surface area contributed by atoms with Crippen LogP contribution in [0.25, 0.3) is 5.57 Å². The maximum Gasteiger partial charge on any atom is 0.316 e. The van der Waals surface area contributed by atoms with Gasteiger partial charge in [0.15, 0.2) is 5.78 Å². The van der Waals surface area contributed by atoms with Crippen LogP contribution in [0.1, 0.15) is 69.7 Å². The van der Waals surface area contributed by atoms with Gasteiger partial charge in [-0.2, -0.15) is 0 Å². The Morgan fingerprint density at radius 1 is 1.20 bits per heavy atom. The Labute approximate surface area is 180 Å². The van der Waals surface area contributed by atoms with Gasteiger partial charge in [0.25, 0.3) is 0 Å². The van der Waals surface area contributed by atoms with E-state index in [1.807, 2.05) is 34.6 Å². The molecule has 0 N–H and O–H groups in total. The van der Waals surface area contributed by atoms with Gasteiger partial charge < -0.3 is 9.47 Å². The first-order valence-corrected chi connectivity index (χ1v) is 11.2. The minimum absolute atomic E-state index is 0.0753. The first-order valence-electron chi connectivity index (χ1n) is 11.2. The summed E-state index contributed by atoms with van der Waals surface area (Å²) in [5, 5.41) is 0. The lowest BCUT2D eigenvalue weighted by atomic mass is 9.64. The highest BCUT2D eigenvalue weighted by Crippen LogP contribution is 2.64. The smallest absolute Gasteiger partial charge is 0.316 e. The van der Waals surface area contributed by atoms with E-state index in [2.05, 4.69) is 32.9 Å². The van der Waals surface area contributed by atoms with Crippen molar-refractivity contribution in [2.45, 2.75) is 80.4 Å². The van der Waals surface area contributed by atoms with Crippen LogP contribution in [-0.2, 0) is 19.1 Å². The van der Waals surface area contributed by atoms with Crippen LogP contribution in [0, 0.1) is 43.4 Å². The van der Waals surface area contributed by atoms with E-state index in [1.165, 1.54) is 0 Å². The molecule has 3 aliphatic rings. The summed E-state index contributed by atoms with van der Waals surface area (Å²) >= 11 is 0. The van der Waals surface area contributed by atoms with Gasteiger partial charge in [0.2, 0.25) is 0 Å². The Morgan fingerprint density at radius 3 is 2.33 bits per heavy atom. The molecular formula is C26H34O4. The van der Waals surface area contributed by atoms with Crippen LogP contribution >= 0.6 is 0 Å². The molecule has 1 aromatic rings. The highest BCUT2D eigenvalue weighted by molar-refractivity contribution is 6.26. The third-order valence-electron chi connectivity index (χ3n) is 7.40. The van der Waals surface area contributed by atoms with Crippen molar-refractivity contribution in [1.29, 1.82) is 0 Å². The van der Waals surface area contributed by atoms with E-state index >= 15 is 0 Å². The van der Waals surface area contributed by atoms with Gasteiger partial charge in [0.1, 0.15) is 5.76 Å². The van der Waals surface area contributed by atoms with E-state index in [1.54, 1.807) is 0 Å². The van der Waals surface area contributed by atoms with Crippen molar-refractivity contribution in [2.75, 3.05) is 0 Å². The van der Waals surface area contributed by atoms with E-state index in [9.17, 15) is 9.59 Å². The normalized spacial score (nSPS) is 32.7. The summed E-state index contributed by atoms with van der Waals surface area (Å²) in [6.45, 7) is 15.9. The predicted molar refractivity (Wildman–Crippen MR) is 117 cm³/mol. The van der Waals surface area contributed by atoms with Gasteiger partial charge in [-0.05, 0) is 77.5 Å². The Bertz CT molecular complexity index is 941. The zero-order valence-corrected chi connectivity index (χ0v) is 19.5. The van der Waals surface area contributed by atoms with E-state index in [0.717, 1.165) is 35.1 Å². The van der Waals surface area contributed by atoms with Crippen LogP contribution in [-0.4, -0.2) is 24.0 Å². The summed E-state index contributed by atoms with van der Waals surface area (Å²) in [5.41, 5.74) is 3.52. The van der Waals surface area contributed by atoms with E-state index in [-0.39, 0.29) is 29.9 Å². The average Bonchev–Trinajstić information content (AvgIpc) is 3.23. The number of hydrogen-bond donors (Lipinski definition) is 0. The largest absolute Gasteiger partial charge is 0.429 e. The molecule has 2 saturated heterocycles. The first kappa shape index (κ1) is 21.3. The van der Waals surface area contributed by atoms with Gasteiger partial charge in [-0.3, -0.25) is 9.59 Å². The van der Waals surface area contributed by atoms with Gasteiger partial charge >= 0.3 is 5.97 Å². The lowest BCUT2D eigenvalue weighted by Gasteiger charge is -2.38. The van der Waals surface area contributed by atoms with Crippen LogP contribution in [0.4, 0.5) is 0 Å². The second-order valence-corrected chi connectivity index (χ2v) is 10.7. The number of ether oxygens (including phenoxy) is 2.